The number of nitrogens with one attached hydrogen (secondary N) is 1. The number of hydrogen-bond acceptors (Lipinski definition) is 4. The highest BCUT2D eigenvalue weighted by atomic mass is 19.4. The minimum Gasteiger partial charge on any atom is -0.298 e. The van der Waals surface area contributed by atoms with Crippen LogP contribution >= 0.6 is 0 Å². The van der Waals surface area contributed by atoms with Crippen LogP contribution in [0.3, 0.4) is 0 Å². The number of aromatic amines is 1. The molecule has 2 atom stereocenters. The molecule has 1 amide bonds. The third-order valence-electron chi connectivity index (χ3n) is 7.57. The van der Waals surface area contributed by atoms with Gasteiger partial charge in [-0.15, -0.1) is 0 Å². The van der Waals surface area contributed by atoms with Gasteiger partial charge in [-0.05, 0) is 48.9 Å². The van der Waals surface area contributed by atoms with E-state index in [0.717, 1.165) is 28.6 Å². The zero-order chi connectivity index (χ0) is 29.6. The molecule has 6 rings (SSSR count). The van der Waals surface area contributed by atoms with Crippen molar-refractivity contribution in [3.8, 4) is 11.3 Å². The van der Waals surface area contributed by atoms with E-state index in [1.54, 1.807) is 22.9 Å². The molecule has 3 heterocycles. The van der Waals surface area contributed by atoms with Gasteiger partial charge in [-0.3, -0.25) is 19.5 Å². The second-order valence-corrected chi connectivity index (χ2v) is 10.6. The minimum atomic E-state index is -4.51. The molecule has 1 aliphatic heterocycles. The number of halogens is 5. The molecule has 3 aromatic carbocycles. The number of aryl methyl sites for hydroxylation is 1. The van der Waals surface area contributed by atoms with Gasteiger partial charge in [-0.25, -0.2) is 13.8 Å². The van der Waals surface area contributed by atoms with Crippen LogP contribution in [0.25, 0.3) is 33.1 Å². The summed E-state index contributed by atoms with van der Waals surface area (Å²) in [6, 6.07) is 14.0. The number of hydrogen-bond donors (Lipinski definition) is 1. The molecule has 1 saturated heterocycles. The van der Waals surface area contributed by atoms with Crippen molar-refractivity contribution >= 4 is 33.9 Å². The third kappa shape index (κ3) is 5.54. The first kappa shape index (κ1) is 27.7. The maximum absolute atomic E-state index is 14.2. The highest BCUT2D eigenvalue weighted by molar-refractivity contribution is 6.04. The molecule has 2 aromatic heterocycles. The van der Waals surface area contributed by atoms with E-state index in [1.807, 2.05) is 31.4 Å². The Bertz CT molecular complexity index is 1800. The van der Waals surface area contributed by atoms with Crippen molar-refractivity contribution in [3.63, 3.8) is 0 Å². The number of nitrogens with zero attached hydrogens (tertiary/aromatic N) is 5. The van der Waals surface area contributed by atoms with Crippen LogP contribution in [0.15, 0.2) is 65.8 Å². The van der Waals surface area contributed by atoms with Crippen LogP contribution in [0.5, 0.6) is 0 Å². The minimum absolute atomic E-state index is 0.0683. The highest BCUT2D eigenvalue weighted by Crippen LogP contribution is 2.36. The van der Waals surface area contributed by atoms with Crippen molar-refractivity contribution < 1.29 is 26.7 Å². The van der Waals surface area contributed by atoms with E-state index in [9.17, 15) is 26.7 Å². The Hall–Kier alpha value is -4.45. The summed E-state index contributed by atoms with van der Waals surface area (Å²) in [6.45, 7) is -0.659. The molecule has 5 aromatic rings. The molecular formula is C30H25F5N6O. The first-order valence-corrected chi connectivity index (χ1v) is 13.3. The van der Waals surface area contributed by atoms with Gasteiger partial charge in [0.2, 0.25) is 0 Å². The van der Waals surface area contributed by atoms with Gasteiger partial charge >= 0.3 is 6.18 Å². The van der Waals surface area contributed by atoms with Gasteiger partial charge in [0.1, 0.15) is 11.6 Å². The first-order chi connectivity index (χ1) is 20.0. The largest absolute Gasteiger partial charge is 0.393 e. The number of carbonyl (C=O) groups excluding carboxylic acids is 1. The number of fused-ring (bicyclic) bond motifs is 2. The summed E-state index contributed by atoms with van der Waals surface area (Å²) in [6.07, 6.45) is -1.68. The summed E-state index contributed by atoms with van der Waals surface area (Å²) in [7, 11) is 1.83. The number of H-pyrrole nitrogens is 1. The van der Waals surface area contributed by atoms with E-state index in [0.29, 0.717) is 16.6 Å². The smallest absolute Gasteiger partial charge is 0.298 e. The fourth-order valence-corrected chi connectivity index (χ4v) is 5.52. The fraction of sp³-hybridized carbons (Fsp3) is 0.267. The second-order valence-electron chi connectivity index (χ2n) is 10.6. The van der Waals surface area contributed by atoms with Crippen molar-refractivity contribution in [3.05, 3.63) is 83.6 Å². The quantitative estimate of drug-likeness (QED) is 0.195. The Kier molecular flexibility index (Phi) is 7.09. The second kappa shape index (κ2) is 10.8. The number of amides is 1. The lowest BCUT2D eigenvalue weighted by Crippen LogP contribution is -2.46. The molecule has 1 aliphatic rings. The summed E-state index contributed by atoms with van der Waals surface area (Å²) in [4.78, 5) is 18.4. The van der Waals surface area contributed by atoms with Crippen LogP contribution in [0.2, 0.25) is 0 Å². The van der Waals surface area contributed by atoms with Crippen molar-refractivity contribution in [1.82, 2.24) is 24.9 Å². The molecule has 1 N–H and O–H groups in total. The lowest BCUT2D eigenvalue weighted by Gasteiger charge is -2.37. The Morgan fingerprint density at radius 1 is 1.10 bits per heavy atom. The number of rotatable bonds is 5. The molecule has 1 unspecified atom stereocenters. The number of aliphatic imine (C=N–C) groups is 1. The van der Waals surface area contributed by atoms with Gasteiger partial charge in [0.05, 0.1) is 22.6 Å². The van der Waals surface area contributed by atoms with E-state index < -0.39 is 42.1 Å². The lowest BCUT2D eigenvalue weighted by molar-refractivity contribution is -0.189. The van der Waals surface area contributed by atoms with Crippen LogP contribution in [0, 0.1) is 23.5 Å². The standard InChI is InChI=1S/C30H25F5N6O/c1-40-14-20-10-18(5-7-26(20)39-40)28-22-11-19(6-8-27(22)37-38-28)29(42)36-12-17-9-21(30(33,34)35)15-41(13-17)16-23-24(31)3-2-4-25(23)32/h2-8,10-12,14,17,21H,9,13,15-16H2,1H3,(H,37,38)/t17?,21-/m0/s1. The zero-order valence-corrected chi connectivity index (χ0v) is 22.4. The summed E-state index contributed by atoms with van der Waals surface area (Å²) < 4.78 is 71.3. The molecule has 0 saturated carbocycles. The average Bonchev–Trinajstić information content (AvgIpc) is 3.54. The predicted molar refractivity (Wildman–Crippen MR) is 148 cm³/mol. The van der Waals surface area contributed by atoms with E-state index in [1.165, 1.54) is 17.2 Å². The van der Waals surface area contributed by atoms with Gasteiger partial charge in [-0.2, -0.15) is 23.4 Å². The predicted octanol–water partition coefficient (Wildman–Crippen LogP) is 6.31. The first-order valence-electron chi connectivity index (χ1n) is 13.3. The van der Waals surface area contributed by atoms with E-state index in [2.05, 4.69) is 20.3 Å². The van der Waals surface area contributed by atoms with E-state index >= 15 is 0 Å². The number of carbonyl (C=O) groups is 1. The molecule has 12 heteroatoms. The maximum atomic E-state index is 14.2. The molecule has 0 bridgehead atoms. The van der Waals surface area contributed by atoms with Gasteiger partial charge in [0.25, 0.3) is 5.91 Å². The number of alkyl halides is 3. The Labute approximate surface area is 236 Å². The Balaban J connectivity index is 1.23. The number of likely N-dealkylation sites (tertiary alicyclic amines) is 1. The number of piperidine rings is 1. The van der Waals surface area contributed by atoms with Gasteiger partial charge in [-0.1, -0.05) is 12.1 Å². The van der Waals surface area contributed by atoms with Crippen molar-refractivity contribution in [2.75, 3.05) is 13.1 Å². The topological polar surface area (TPSA) is 79.2 Å². The van der Waals surface area contributed by atoms with Crippen molar-refractivity contribution in [2.24, 2.45) is 23.9 Å². The normalized spacial score (nSPS) is 18.4. The van der Waals surface area contributed by atoms with Crippen molar-refractivity contribution in [1.29, 1.82) is 0 Å². The molecule has 0 aliphatic carbocycles. The van der Waals surface area contributed by atoms with Crippen LogP contribution in [0.4, 0.5) is 22.0 Å². The van der Waals surface area contributed by atoms with Gasteiger partial charge in [0, 0.05) is 72.5 Å². The van der Waals surface area contributed by atoms with Crippen LogP contribution in [-0.4, -0.2) is 56.3 Å². The number of benzene rings is 3. The monoisotopic (exact) mass is 580 g/mol. The highest BCUT2D eigenvalue weighted by Gasteiger charge is 2.44. The molecule has 1 fully saturated rings. The van der Waals surface area contributed by atoms with Crippen LogP contribution < -0.4 is 0 Å². The van der Waals surface area contributed by atoms with E-state index in [-0.39, 0.29) is 30.6 Å². The summed E-state index contributed by atoms with van der Waals surface area (Å²) >= 11 is 0. The molecular weight excluding hydrogens is 555 g/mol. The van der Waals surface area contributed by atoms with Crippen LogP contribution in [-0.2, 0) is 13.6 Å². The van der Waals surface area contributed by atoms with E-state index in [4.69, 9.17) is 0 Å². The third-order valence-corrected chi connectivity index (χ3v) is 7.57. The molecule has 7 nitrogen and oxygen atoms in total. The lowest BCUT2D eigenvalue weighted by atomic mass is 9.89. The SMILES string of the molecule is Cn1cc2cc(-c3n[nH]c4ccc(C(=O)N=CC5C[C@H](C(F)(F)F)CN(Cc6c(F)cccc6F)C5)cc34)ccc2n1. The molecule has 0 radical (unpaired) electrons. The van der Waals surface area contributed by atoms with Gasteiger partial charge < -0.3 is 0 Å². The van der Waals surface area contributed by atoms with Crippen LogP contribution in [0.1, 0.15) is 22.3 Å². The molecule has 42 heavy (non-hydrogen) atoms. The fourth-order valence-electron chi connectivity index (χ4n) is 5.52. The molecule has 0 spiro atoms. The summed E-state index contributed by atoms with van der Waals surface area (Å²) in [5.41, 5.74) is 2.94. The zero-order valence-electron chi connectivity index (χ0n) is 22.4. The maximum Gasteiger partial charge on any atom is 0.393 e. The average molecular weight is 581 g/mol. The Morgan fingerprint density at radius 2 is 1.88 bits per heavy atom. The Morgan fingerprint density at radius 3 is 2.64 bits per heavy atom. The van der Waals surface area contributed by atoms with Crippen molar-refractivity contribution in [2.45, 2.75) is 19.1 Å². The number of aromatic nitrogens is 4. The van der Waals surface area contributed by atoms with Gasteiger partial charge in [0.15, 0.2) is 0 Å². The summed E-state index contributed by atoms with van der Waals surface area (Å²) in [5, 5.41) is 13.4. The molecule has 216 valence electrons. The summed E-state index contributed by atoms with van der Waals surface area (Å²) in [5.74, 6) is -4.73.